The first-order valence-corrected chi connectivity index (χ1v) is 8.21. The van der Waals surface area contributed by atoms with E-state index in [1.54, 1.807) is 11.3 Å². The van der Waals surface area contributed by atoms with Crippen LogP contribution in [0.2, 0.25) is 0 Å². The van der Waals surface area contributed by atoms with Gasteiger partial charge in [0.25, 0.3) is 0 Å². The first kappa shape index (κ1) is 17.2. The number of aliphatic hydroxyl groups excluding tert-OH is 1. The summed E-state index contributed by atoms with van der Waals surface area (Å²) in [6.07, 6.45) is 4.61. The van der Waals surface area contributed by atoms with Crippen LogP contribution in [-0.4, -0.2) is 27.6 Å². The smallest absolute Gasteiger partial charge is 0.180 e. The Balaban J connectivity index is 0.00000176. The summed E-state index contributed by atoms with van der Waals surface area (Å²) in [4.78, 5) is 7.76. The van der Waals surface area contributed by atoms with Crippen LogP contribution >= 0.6 is 23.7 Å². The minimum absolute atomic E-state index is 0. The van der Waals surface area contributed by atoms with Crippen LogP contribution in [0.3, 0.4) is 0 Å². The van der Waals surface area contributed by atoms with Crippen molar-refractivity contribution in [2.45, 2.75) is 38.0 Å². The number of aliphatic hydroxyl groups is 1. The van der Waals surface area contributed by atoms with Crippen LogP contribution in [0.1, 0.15) is 35.8 Å². The first-order chi connectivity index (χ1) is 10.2. The van der Waals surface area contributed by atoms with Gasteiger partial charge in [-0.25, -0.2) is 4.98 Å². The molecule has 0 spiro atoms. The van der Waals surface area contributed by atoms with Gasteiger partial charge in [-0.2, -0.15) is 0 Å². The number of hydrogen-bond acceptors (Lipinski definition) is 5. The third-order valence-corrected chi connectivity index (χ3v) is 4.92. The molecule has 2 atom stereocenters. The van der Waals surface area contributed by atoms with E-state index in [2.05, 4.69) is 9.88 Å². The summed E-state index contributed by atoms with van der Waals surface area (Å²) in [5.74, 6) is 0. The molecule has 0 aliphatic carbocycles. The summed E-state index contributed by atoms with van der Waals surface area (Å²) in [6, 6.07) is 10.4. The Morgan fingerprint density at radius 3 is 2.82 bits per heavy atom. The number of benzene rings is 1. The molecule has 1 saturated heterocycles. The van der Waals surface area contributed by atoms with Gasteiger partial charge in [-0.1, -0.05) is 30.3 Å². The monoisotopic (exact) mass is 339 g/mol. The molecular weight excluding hydrogens is 318 g/mol. The Kier molecular flexibility index (Phi) is 6.20. The summed E-state index contributed by atoms with van der Waals surface area (Å²) in [5, 5.41) is 11.0. The Morgan fingerprint density at radius 2 is 2.14 bits per heavy atom. The molecular formula is C16H22ClN3OS. The molecule has 1 aliphatic rings. The van der Waals surface area contributed by atoms with E-state index in [1.807, 2.05) is 36.5 Å². The lowest BCUT2D eigenvalue weighted by molar-refractivity contribution is 0.118. The molecule has 1 aliphatic heterocycles. The average molecular weight is 340 g/mol. The number of nitrogens with zero attached hydrogens (tertiary/aromatic N) is 2. The standard InChI is InChI=1S/C16H21N3OS.ClH/c17-16-18-10-14(21-16)11-19-8-4-7-13(19)9-15(20)12-5-2-1-3-6-12;/h1-3,5-6,10,13,15,20H,4,7-9,11H2,(H2,17,18);1H. The number of likely N-dealkylation sites (tertiary alicyclic amines) is 1. The van der Waals surface area contributed by atoms with Gasteiger partial charge in [0.2, 0.25) is 0 Å². The molecule has 1 aromatic carbocycles. The van der Waals surface area contributed by atoms with Gasteiger partial charge >= 0.3 is 0 Å². The van der Waals surface area contributed by atoms with Crippen molar-refractivity contribution >= 4 is 28.9 Å². The number of nitrogens with two attached hydrogens (primary N) is 1. The second kappa shape index (κ2) is 7.92. The van der Waals surface area contributed by atoms with Crippen molar-refractivity contribution in [3.63, 3.8) is 0 Å². The zero-order valence-corrected chi connectivity index (χ0v) is 14.0. The van der Waals surface area contributed by atoms with Gasteiger partial charge in [0.1, 0.15) is 0 Å². The van der Waals surface area contributed by atoms with Crippen molar-refractivity contribution in [3.8, 4) is 0 Å². The van der Waals surface area contributed by atoms with Gasteiger partial charge in [0, 0.05) is 23.7 Å². The summed E-state index contributed by atoms with van der Waals surface area (Å²) >= 11 is 1.55. The number of aromatic nitrogens is 1. The summed E-state index contributed by atoms with van der Waals surface area (Å²) in [5.41, 5.74) is 6.70. The van der Waals surface area contributed by atoms with Crippen LogP contribution in [0.4, 0.5) is 5.13 Å². The second-order valence-electron chi connectivity index (χ2n) is 5.59. The Labute approximate surface area is 141 Å². The molecule has 0 radical (unpaired) electrons. The molecule has 4 nitrogen and oxygen atoms in total. The fraction of sp³-hybridized carbons (Fsp3) is 0.438. The average Bonchev–Trinajstić information content (AvgIpc) is 3.10. The Bertz CT molecular complexity index is 578. The fourth-order valence-electron chi connectivity index (χ4n) is 3.04. The highest BCUT2D eigenvalue weighted by Crippen LogP contribution is 2.29. The predicted molar refractivity (Wildman–Crippen MR) is 93.2 cm³/mol. The molecule has 22 heavy (non-hydrogen) atoms. The topological polar surface area (TPSA) is 62.4 Å². The molecule has 1 aromatic heterocycles. The van der Waals surface area contributed by atoms with E-state index in [0.29, 0.717) is 11.2 Å². The Morgan fingerprint density at radius 1 is 1.36 bits per heavy atom. The lowest BCUT2D eigenvalue weighted by atomic mass is 10.0. The second-order valence-corrected chi connectivity index (χ2v) is 6.74. The van der Waals surface area contributed by atoms with Crippen LogP contribution in [0.15, 0.2) is 36.5 Å². The van der Waals surface area contributed by atoms with Gasteiger partial charge in [0.05, 0.1) is 6.10 Å². The highest BCUT2D eigenvalue weighted by molar-refractivity contribution is 7.15. The molecule has 2 aromatic rings. The van der Waals surface area contributed by atoms with Gasteiger partial charge in [-0.3, -0.25) is 4.90 Å². The minimum atomic E-state index is -0.386. The number of halogens is 1. The summed E-state index contributed by atoms with van der Waals surface area (Å²) in [7, 11) is 0. The van der Waals surface area contributed by atoms with E-state index >= 15 is 0 Å². The van der Waals surface area contributed by atoms with Crippen LogP contribution < -0.4 is 5.73 Å². The zero-order chi connectivity index (χ0) is 14.7. The van der Waals surface area contributed by atoms with Crippen LogP contribution in [0.25, 0.3) is 0 Å². The van der Waals surface area contributed by atoms with Crippen LogP contribution in [0, 0.1) is 0 Å². The number of hydrogen-bond donors (Lipinski definition) is 2. The van der Waals surface area contributed by atoms with E-state index < -0.39 is 0 Å². The minimum Gasteiger partial charge on any atom is -0.388 e. The maximum atomic E-state index is 10.4. The van der Waals surface area contributed by atoms with Crippen LogP contribution in [-0.2, 0) is 6.54 Å². The van der Waals surface area contributed by atoms with Crippen molar-refractivity contribution < 1.29 is 5.11 Å². The van der Waals surface area contributed by atoms with Gasteiger partial charge in [-0.05, 0) is 31.4 Å². The lowest BCUT2D eigenvalue weighted by Gasteiger charge is -2.26. The van der Waals surface area contributed by atoms with Gasteiger partial charge < -0.3 is 10.8 Å². The molecule has 0 amide bonds. The largest absolute Gasteiger partial charge is 0.388 e. The fourth-order valence-corrected chi connectivity index (χ4v) is 3.74. The van der Waals surface area contributed by atoms with E-state index in [-0.39, 0.29) is 18.5 Å². The maximum absolute atomic E-state index is 10.4. The van der Waals surface area contributed by atoms with E-state index in [4.69, 9.17) is 5.73 Å². The number of anilines is 1. The number of thiazole rings is 1. The number of nitrogen functional groups attached to an aromatic ring is 1. The molecule has 0 saturated carbocycles. The third-order valence-electron chi connectivity index (χ3n) is 4.11. The Hall–Kier alpha value is -1.14. The first-order valence-electron chi connectivity index (χ1n) is 7.39. The van der Waals surface area contributed by atoms with Crippen LogP contribution in [0.5, 0.6) is 0 Å². The molecule has 0 bridgehead atoms. The maximum Gasteiger partial charge on any atom is 0.180 e. The molecule has 2 unspecified atom stereocenters. The quantitative estimate of drug-likeness (QED) is 0.877. The lowest BCUT2D eigenvalue weighted by Crippen LogP contribution is -2.30. The third kappa shape index (κ3) is 4.20. The molecule has 3 rings (SSSR count). The zero-order valence-electron chi connectivity index (χ0n) is 12.4. The highest BCUT2D eigenvalue weighted by Gasteiger charge is 2.27. The summed E-state index contributed by atoms with van der Waals surface area (Å²) in [6.45, 7) is 1.98. The molecule has 1 fully saturated rings. The van der Waals surface area contributed by atoms with Gasteiger partial charge in [0.15, 0.2) is 5.13 Å². The van der Waals surface area contributed by atoms with E-state index in [9.17, 15) is 5.11 Å². The highest BCUT2D eigenvalue weighted by atomic mass is 35.5. The van der Waals surface area contributed by atoms with Crippen molar-refractivity contribution in [3.05, 3.63) is 47.0 Å². The van der Waals surface area contributed by atoms with E-state index in [1.165, 1.54) is 11.3 Å². The normalized spacial score (nSPS) is 19.8. The van der Waals surface area contributed by atoms with E-state index in [0.717, 1.165) is 31.5 Å². The SMILES string of the molecule is Cl.Nc1ncc(CN2CCCC2CC(O)c2ccccc2)s1. The predicted octanol–water partition coefficient (Wildman–Crippen LogP) is 3.24. The van der Waals surface area contributed by atoms with Crippen molar-refractivity contribution in [1.29, 1.82) is 0 Å². The van der Waals surface area contributed by atoms with Crippen molar-refractivity contribution in [2.24, 2.45) is 0 Å². The molecule has 3 N–H and O–H groups in total. The molecule has 6 heteroatoms. The van der Waals surface area contributed by atoms with Crippen molar-refractivity contribution in [1.82, 2.24) is 9.88 Å². The molecule has 120 valence electrons. The summed E-state index contributed by atoms with van der Waals surface area (Å²) < 4.78 is 0. The van der Waals surface area contributed by atoms with Crippen molar-refractivity contribution in [2.75, 3.05) is 12.3 Å². The van der Waals surface area contributed by atoms with Gasteiger partial charge in [-0.15, -0.1) is 23.7 Å². The molecule has 2 heterocycles. The number of rotatable bonds is 5.